The summed E-state index contributed by atoms with van der Waals surface area (Å²) in [6, 6.07) is 12.2. The Labute approximate surface area is 357 Å². The topological polar surface area (TPSA) is 185 Å². The largest absolute Gasteiger partial charge is 0.371 e. The minimum Gasteiger partial charge on any atom is -0.371 e. The molecule has 5 amide bonds. The Hall–Kier alpha value is -5.49. The zero-order valence-electron chi connectivity index (χ0n) is 33.8. The van der Waals surface area contributed by atoms with Crippen molar-refractivity contribution in [2.24, 2.45) is 5.92 Å². The van der Waals surface area contributed by atoms with Gasteiger partial charge in [0.25, 0.3) is 17.7 Å². The first-order chi connectivity index (χ1) is 28.9. The number of benzene rings is 2. The van der Waals surface area contributed by atoms with Gasteiger partial charge in [-0.2, -0.15) is 0 Å². The lowest BCUT2D eigenvalue weighted by Crippen LogP contribution is -2.54. The number of hydrogen-bond acceptors (Lipinski definition) is 14. The number of nitrogens with zero attached hydrogens (tertiary/aromatic N) is 7. The van der Waals surface area contributed by atoms with Crippen LogP contribution in [0.15, 0.2) is 48.7 Å². The maximum Gasteiger partial charge on any atom is 0.267 e. The van der Waals surface area contributed by atoms with Gasteiger partial charge in [-0.3, -0.25) is 39.1 Å². The van der Waals surface area contributed by atoms with Gasteiger partial charge >= 0.3 is 0 Å². The highest BCUT2D eigenvalue weighted by Crippen LogP contribution is 2.33. The minimum absolute atomic E-state index is 0.0922. The van der Waals surface area contributed by atoms with Crippen molar-refractivity contribution >= 4 is 80.6 Å². The highest BCUT2D eigenvalue weighted by Gasteiger charge is 2.45. The second-order valence-corrected chi connectivity index (χ2v) is 17.2. The number of aryl methyl sites for hydroxylation is 2. The third-order valence-electron chi connectivity index (χ3n) is 11.7. The number of piperazine rings is 1. The number of fused-ring (bicyclic) bond motifs is 1. The van der Waals surface area contributed by atoms with Crippen molar-refractivity contribution in [1.29, 1.82) is 0 Å². The number of halogens is 1. The summed E-state index contributed by atoms with van der Waals surface area (Å²) in [7, 11) is 0. The van der Waals surface area contributed by atoms with Crippen LogP contribution in [0.2, 0.25) is 5.02 Å². The van der Waals surface area contributed by atoms with Crippen LogP contribution in [0, 0.1) is 19.8 Å². The SMILES string of the molecule is CCC(CCNCC1CN(c2ccc3c(c2)C(=O)N(C2CCC(=O)NC2=O)C3=O)C1)N1CCN(c2cc(Nc3ncc(C(=O)Nc4c(C)cccc4Cl)s3)nc(C)n2)CC1. The molecule has 4 N–H and O–H groups in total. The third kappa shape index (κ3) is 8.71. The number of carbonyl (C=O) groups excluding carboxylic acids is 5. The number of carbonyl (C=O) groups is 5. The average Bonchev–Trinajstić information content (AvgIpc) is 3.78. The Morgan fingerprint density at radius 2 is 1.77 bits per heavy atom. The van der Waals surface area contributed by atoms with Crippen LogP contribution in [-0.4, -0.2) is 119 Å². The van der Waals surface area contributed by atoms with E-state index in [1.165, 1.54) is 11.3 Å². The molecule has 0 spiro atoms. The van der Waals surface area contributed by atoms with Crippen LogP contribution in [0.1, 0.15) is 74.4 Å². The van der Waals surface area contributed by atoms with E-state index in [-0.39, 0.29) is 18.7 Å². The van der Waals surface area contributed by atoms with Gasteiger partial charge in [-0.25, -0.2) is 15.0 Å². The smallest absolute Gasteiger partial charge is 0.267 e. The lowest BCUT2D eigenvalue weighted by Gasteiger charge is -2.42. The van der Waals surface area contributed by atoms with Gasteiger partial charge < -0.3 is 25.8 Å². The van der Waals surface area contributed by atoms with Crippen LogP contribution in [-0.2, 0) is 9.59 Å². The summed E-state index contributed by atoms with van der Waals surface area (Å²) < 4.78 is 0. The summed E-state index contributed by atoms with van der Waals surface area (Å²) in [5, 5.41) is 13.1. The number of piperidine rings is 1. The number of para-hydroxylation sites is 1. The molecule has 4 aliphatic rings. The number of rotatable bonds is 14. The van der Waals surface area contributed by atoms with E-state index in [0.29, 0.717) is 55.4 Å². The predicted molar refractivity (Wildman–Crippen MR) is 230 cm³/mol. The summed E-state index contributed by atoms with van der Waals surface area (Å²) in [4.78, 5) is 85.6. The van der Waals surface area contributed by atoms with Gasteiger partial charge in [0, 0.05) is 75.9 Å². The van der Waals surface area contributed by atoms with Crippen LogP contribution >= 0.6 is 22.9 Å². The van der Waals surface area contributed by atoms with Gasteiger partial charge in [-0.1, -0.05) is 42.0 Å². The van der Waals surface area contributed by atoms with Crippen LogP contribution in [0.25, 0.3) is 0 Å². The lowest BCUT2D eigenvalue weighted by atomic mass is 9.97. The van der Waals surface area contributed by atoms with Crippen LogP contribution < -0.4 is 31.1 Å². The summed E-state index contributed by atoms with van der Waals surface area (Å²) in [5.74, 6) is 0.328. The zero-order chi connectivity index (χ0) is 42.1. The number of thiazole rings is 1. The normalized spacial score (nSPS) is 19.0. The van der Waals surface area contributed by atoms with Crippen molar-refractivity contribution in [3.05, 3.63) is 81.1 Å². The molecule has 6 heterocycles. The van der Waals surface area contributed by atoms with E-state index in [4.69, 9.17) is 16.6 Å². The van der Waals surface area contributed by atoms with E-state index in [1.807, 2.05) is 38.1 Å². The van der Waals surface area contributed by atoms with Crippen molar-refractivity contribution in [2.45, 2.75) is 58.5 Å². The van der Waals surface area contributed by atoms with Gasteiger partial charge in [-0.05, 0) is 69.5 Å². The molecule has 0 bridgehead atoms. The van der Waals surface area contributed by atoms with E-state index in [2.05, 4.69) is 52.9 Å². The molecule has 8 rings (SSSR count). The Morgan fingerprint density at radius 3 is 2.52 bits per heavy atom. The molecule has 4 aliphatic heterocycles. The molecule has 60 heavy (non-hydrogen) atoms. The molecule has 0 saturated carbocycles. The van der Waals surface area contributed by atoms with Gasteiger partial charge in [-0.15, -0.1) is 0 Å². The van der Waals surface area contributed by atoms with E-state index in [9.17, 15) is 24.0 Å². The molecular formula is C42H48ClN11O5S. The van der Waals surface area contributed by atoms with Gasteiger partial charge in [0.05, 0.1) is 28.0 Å². The molecule has 0 radical (unpaired) electrons. The Balaban J connectivity index is 0.767. The van der Waals surface area contributed by atoms with Gasteiger partial charge in [0.1, 0.15) is 28.4 Å². The van der Waals surface area contributed by atoms with E-state index in [1.54, 1.807) is 24.4 Å². The molecule has 2 aromatic carbocycles. The molecule has 4 aromatic rings. The summed E-state index contributed by atoms with van der Waals surface area (Å²) >= 11 is 7.54. The minimum atomic E-state index is -0.970. The monoisotopic (exact) mass is 853 g/mol. The number of amides is 5. The lowest BCUT2D eigenvalue weighted by molar-refractivity contribution is -0.136. The number of hydrogen-bond donors (Lipinski definition) is 4. The second-order valence-electron chi connectivity index (χ2n) is 15.7. The van der Waals surface area contributed by atoms with Crippen LogP contribution in [0.4, 0.5) is 28.1 Å². The molecule has 314 valence electrons. The van der Waals surface area contributed by atoms with Gasteiger partial charge in [0.15, 0.2) is 5.13 Å². The molecule has 2 atom stereocenters. The first kappa shape index (κ1) is 41.3. The highest BCUT2D eigenvalue weighted by molar-refractivity contribution is 7.17. The summed E-state index contributed by atoms with van der Waals surface area (Å²) in [6.45, 7) is 13.1. The number of aromatic nitrogens is 3. The quantitative estimate of drug-likeness (QED) is 0.102. The highest BCUT2D eigenvalue weighted by atomic mass is 35.5. The summed E-state index contributed by atoms with van der Waals surface area (Å²) in [6.07, 6.45) is 3.88. The fraction of sp³-hybridized carbons (Fsp3) is 0.429. The predicted octanol–water partition coefficient (Wildman–Crippen LogP) is 4.62. The molecule has 3 fully saturated rings. The van der Waals surface area contributed by atoms with Gasteiger partial charge in [0.2, 0.25) is 11.8 Å². The Bertz CT molecular complexity index is 2310. The first-order valence-electron chi connectivity index (χ1n) is 20.4. The first-order valence-corrected chi connectivity index (χ1v) is 21.6. The van der Waals surface area contributed by atoms with E-state index in [0.717, 1.165) is 87.2 Å². The zero-order valence-corrected chi connectivity index (χ0v) is 35.4. The molecule has 2 aromatic heterocycles. The van der Waals surface area contributed by atoms with Crippen LogP contribution in [0.3, 0.4) is 0 Å². The Morgan fingerprint density at radius 1 is 0.983 bits per heavy atom. The van der Waals surface area contributed by atoms with Crippen molar-refractivity contribution < 1.29 is 24.0 Å². The average molecular weight is 854 g/mol. The molecule has 2 unspecified atom stereocenters. The molecular weight excluding hydrogens is 806 g/mol. The van der Waals surface area contributed by atoms with Crippen molar-refractivity contribution in [1.82, 2.24) is 35.4 Å². The molecule has 16 nitrogen and oxygen atoms in total. The fourth-order valence-electron chi connectivity index (χ4n) is 8.39. The second kappa shape index (κ2) is 17.6. The molecule has 3 saturated heterocycles. The number of nitrogens with one attached hydrogen (secondary N) is 4. The number of imide groups is 2. The van der Waals surface area contributed by atoms with Crippen molar-refractivity contribution in [3.63, 3.8) is 0 Å². The van der Waals surface area contributed by atoms with Crippen molar-refractivity contribution in [2.75, 3.05) is 72.8 Å². The number of anilines is 5. The maximum atomic E-state index is 13.3. The van der Waals surface area contributed by atoms with Crippen molar-refractivity contribution in [3.8, 4) is 0 Å². The molecule has 18 heteroatoms. The van der Waals surface area contributed by atoms with Crippen LogP contribution in [0.5, 0.6) is 0 Å². The fourth-order valence-corrected chi connectivity index (χ4v) is 9.38. The van der Waals surface area contributed by atoms with E-state index < -0.39 is 29.7 Å². The molecule has 0 aliphatic carbocycles. The maximum absolute atomic E-state index is 13.3. The third-order valence-corrected chi connectivity index (χ3v) is 12.9. The van der Waals surface area contributed by atoms with E-state index >= 15 is 0 Å². The standard InChI is InChI=1S/C42H48ClN11O5S/c1-4-27(12-13-44-20-26-22-53(23-26)28-8-9-29-30(18-28)41(59)54(40(29)58)32-10-11-36(55)49-38(32)56)51-14-16-52(17-15-51)35-19-34(46-25(3)47-35)48-42-45-21-33(60-42)39(57)50-37-24(2)6-5-7-31(37)43/h5-9,18-19,21,26-27,32,44H,4,10-17,20,22-23H2,1-3H3,(H,50,57)(H,49,55,56)(H,45,46,47,48). The Kier molecular flexibility index (Phi) is 12.1. The summed E-state index contributed by atoms with van der Waals surface area (Å²) in [5.41, 5.74) is 2.94.